The number of hydrogen-bond donors (Lipinski definition) is 1. The summed E-state index contributed by atoms with van der Waals surface area (Å²) in [5, 5.41) is 1.77. The van der Waals surface area contributed by atoms with E-state index in [0.717, 1.165) is 24.2 Å². The fraction of sp³-hybridized carbons (Fsp3) is 0.412. The zero-order valence-corrected chi connectivity index (χ0v) is 16.3. The number of amides is 1. The monoisotopic (exact) mass is 395 g/mol. The highest BCUT2D eigenvalue weighted by molar-refractivity contribution is 7.93. The van der Waals surface area contributed by atoms with Crippen molar-refractivity contribution in [2.24, 2.45) is 5.92 Å². The summed E-state index contributed by atoms with van der Waals surface area (Å²) in [4.78, 5) is 18.5. The van der Waals surface area contributed by atoms with E-state index in [0.29, 0.717) is 24.8 Å². The Balaban J connectivity index is 1.70. The molecule has 7 nitrogen and oxygen atoms in total. The summed E-state index contributed by atoms with van der Waals surface area (Å²) in [6.45, 7) is 3.60. The smallest absolute Gasteiger partial charge is 0.273 e. The number of nitrogens with zero attached hydrogens (tertiary/aromatic N) is 2. The van der Waals surface area contributed by atoms with Gasteiger partial charge in [0.1, 0.15) is 11.4 Å². The summed E-state index contributed by atoms with van der Waals surface area (Å²) >= 11 is 1.10. The average molecular weight is 396 g/mol. The van der Waals surface area contributed by atoms with Gasteiger partial charge in [-0.15, -0.1) is 11.3 Å². The van der Waals surface area contributed by atoms with E-state index in [-0.39, 0.29) is 21.6 Å². The molecule has 0 spiro atoms. The van der Waals surface area contributed by atoms with Gasteiger partial charge in [-0.1, -0.05) is 6.92 Å². The number of carbonyl (C=O) groups excluding carboxylic acids is 1. The van der Waals surface area contributed by atoms with E-state index in [4.69, 9.17) is 4.74 Å². The number of methoxy groups -OCH3 is 1. The number of benzene rings is 1. The predicted molar refractivity (Wildman–Crippen MR) is 100 cm³/mol. The molecule has 26 heavy (non-hydrogen) atoms. The number of sulfonamides is 1. The van der Waals surface area contributed by atoms with Crippen LogP contribution >= 0.6 is 11.3 Å². The minimum absolute atomic E-state index is 0.103. The Morgan fingerprint density at radius 3 is 2.54 bits per heavy atom. The molecule has 2 aromatic rings. The highest BCUT2D eigenvalue weighted by atomic mass is 32.2. The van der Waals surface area contributed by atoms with Crippen LogP contribution in [-0.2, 0) is 10.0 Å². The molecule has 1 aliphatic rings. The van der Waals surface area contributed by atoms with Crippen molar-refractivity contribution in [3.63, 3.8) is 0 Å². The van der Waals surface area contributed by atoms with Gasteiger partial charge in [0.2, 0.25) is 0 Å². The number of hydrogen-bond acceptors (Lipinski definition) is 6. The number of likely N-dealkylation sites (tertiary alicyclic amines) is 1. The molecule has 1 fully saturated rings. The van der Waals surface area contributed by atoms with Crippen LogP contribution in [0.2, 0.25) is 0 Å². The molecule has 1 aromatic carbocycles. The molecule has 9 heteroatoms. The van der Waals surface area contributed by atoms with Crippen molar-refractivity contribution in [1.82, 2.24) is 9.88 Å². The molecule has 0 saturated carbocycles. The molecule has 2 heterocycles. The van der Waals surface area contributed by atoms with E-state index in [1.165, 1.54) is 19.2 Å². The number of nitrogens with one attached hydrogen (secondary N) is 1. The molecule has 3 rings (SSSR count). The van der Waals surface area contributed by atoms with Crippen molar-refractivity contribution in [3.05, 3.63) is 35.3 Å². The second-order valence-electron chi connectivity index (χ2n) is 6.29. The van der Waals surface area contributed by atoms with Crippen LogP contribution in [-0.4, -0.2) is 44.4 Å². The predicted octanol–water partition coefficient (Wildman–Crippen LogP) is 2.82. The fourth-order valence-electron chi connectivity index (χ4n) is 2.72. The van der Waals surface area contributed by atoms with Gasteiger partial charge in [0.15, 0.2) is 5.13 Å². The van der Waals surface area contributed by atoms with Crippen LogP contribution in [0, 0.1) is 5.92 Å². The van der Waals surface area contributed by atoms with Gasteiger partial charge in [-0.3, -0.25) is 9.52 Å². The first kappa shape index (κ1) is 18.7. The van der Waals surface area contributed by atoms with E-state index in [2.05, 4.69) is 16.6 Å². The Labute approximate surface area is 157 Å². The minimum Gasteiger partial charge on any atom is -0.497 e. The SMILES string of the molecule is COc1ccc(S(=O)(=O)Nc2nc(C(=O)N3CCC(C)CC3)cs2)cc1. The number of anilines is 1. The Morgan fingerprint density at radius 1 is 1.27 bits per heavy atom. The third kappa shape index (κ3) is 4.16. The van der Waals surface area contributed by atoms with Crippen LogP contribution in [0.15, 0.2) is 34.5 Å². The van der Waals surface area contributed by atoms with Gasteiger partial charge in [0.05, 0.1) is 12.0 Å². The molecule has 0 radical (unpaired) electrons. The number of rotatable bonds is 5. The lowest BCUT2D eigenvalue weighted by Gasteiger charge is -2.29. The van der Waals surface area contributed by atoms with Crippen LogP contribution in [0.5, 0.6) is 5.75 Å². The number of aromatic nitrogens is 1. The average Bonchev–Trinajstić information content (AvgIpc) is 3.09. The molecule has 1 amide bonds. The molecule has 0 bridgehead atoms. The van der Waals surface area contributed by atoms with Gasteiger partial charge < -0.3 is 9.64 Å². The van der Waals surface area contributed by atoms with Gasteiger partial charge in [-0.25, -0.2) is 13.4 Å². The highest BCUT2D eigenvalue weighted by Gasteiger charge is 2.24. The van der Waals surface area contributed by atoms with Crippen molar-refractivity contribution in [2.45, 2.75) is 24.7 Å². The number of carbonyl (C=O) groups is 1. The third-order valence-corrected chi connectivity index (χ3v) is 6.63. The van der Waals surface area contributed by atoms with E-state index < -0.39 is 10.0 Å². The molecule has 140 valence electrons. The molecule has 0 aliphatic carbocycles. The topological polar surface area (TPSA) is 88.6 Å². The van der Waals surface area contributed by atoms with E-state index in [1.54, 1.807) is 22.4 Å². The zero-order valence-electron chi connectivity index (χ0n) is 14.6. The van der Waals surface area contributed by atoms with Crippen LogP contribution in [0.4, 0.5) is 5.13 Å². The van der Waals surface area contributed by atoms with Gasteiger partial charge in [0, 0.05) is 18.5 Å². The van der Waals surface area contributed by atoms with Crippen LogP contribution in [0.25, 0.3) is 0 Å². The zero-order chi connectivity index (χ0) is 18.7. The third-order valence-electron chi connectivity index (χ3n) is 4.39. The lowest BCUT2D eigenvalue weighted by Crippen LogP contribution is -2.38. The van der Waals surface area contributed by atoms with Crippen molar-refractivity contribution < 1.29 is 17.9 Å². The summed E-state index contributed by atoms with van der Waals surface area (Å²) < 4.78 is 32.3. The Hall–Kier alpha value is -2.13. The molecule has 1 saturated heterocycles. The summed E-state index contributed by atoms with van der Waals surface area (Å²) in [7, 11) is -2.25. The van der Waals surface area contributed by atoms with E-state index in [9.17, 15) is 13.2 Å². The first-order chi connectivity index (χ1) is 12.4. The largest absolute Gasteiger partial charge is 0.497 e. The molecular formula is C17H21N3O4S2. The minimum atomic E-state index is -3.77. The lowest BCUT2D eigenvalue weighted by atomic mass is 9.99. The van der Waals surface area contributed by atoms with Gasteiger partial charge in [-0.05, 0) is 43.0 Å². The Bertz CT molecular complexity index is 870. The first-order valence-corrected chi connectivity index (χ1v) is 10.7. The van der Waals surface area contributed by atoms with Gasteiger partial charge in [-0.2, -0.15) is 0 Å². The van der Waals surface area contributed by atoms with Crippen LogP contribution < -0.4 is 9.46 Å². The van der Waals surface area contributed by atoms with Crippen molar-refractivity contribution >= 4 is 32.4 Å². The number of thiazole rings is 1. The van der Waals surface area contributed by atoms with Crippen LogP contribution in [0.3, 0.4) is 0 Å². The maximum absolute atomic E-state index is 12.5. The van der Waals surface area contributed by atoms with Crippen LogP contribution in [0.1, 0.15) is 30.3 Å². The Morgan fingerprint density at radius 2 is 1.92 bits per heavy atom. The molecule has 1 aromatic heterocycles. The quantitative estimate of drug-likeness (QED) is 0.841. The maximum Gasteiger partial charge on any atom is 0.273 e. The van der Waals surface area contributed by atoms with Crippen molar-refractivity contribution in [1.29, 1.82) is 0 Å². The second kappa shape index (κ2) is 7.63. The molecule has 1 N–H and O–H groups in total. The summed E-state index contributed by atoms with van der Waals surface area (Å²) in [5.74, 6) is 1.05. The van der Waals surface area contributed by atoms with Crippen molar-refractivity contribution in [3.8, 4) is 5.75 Å². The lowest BCUT2D eigenvalue weighted by molar-refractivity contribution is 0.0692. The first-order valence-electron chi connectivity index (χ1n) is 8.31. The maximum atomic E-state index is 12.5. The molecular weight excluding hydrogens is 374 g/mol. The standard InChI is InChI=1S/C17H21N3O4S2/c1-12-7-9-20(10-8-12)16(21)15-11-25-17(18-15)19-26(22,23)14-5-3-13(24-2)4-6-14/h3-6,11-12H,7-10H2,1-2H3,(H,18,19). The summed E-state index contributed by atoms with van der Waals surface area (Å²) in [6.07, 6.45) is 1.96. The number of piperidine rings is 1. The summed E-state index contributed by atoms with van der Waals surface area (Å²) in [6, 6.07) is 6.05. The van der Waals surface area contributed by atoms with Crippen molar-refractivity contribution in [2.75, 3.05) is 24.9 Å². The van der Waals surface area contributed by atoms with Gasteiger partial charge in [0.25, 0.3) is 15.9 Å². The second-order valence-corrected chi connectivity index (χ2v) is 8.83. The molecule has 0 unspecified atom stereocenters. The number of ether oxygens (including phenoxy) is 1. The normalized spacial score (nSPS) is 15.7. The summed E-state index contributed by atoms with van der Waals surface area (Å²) in [5.41, 5.74) is 0.275. The fourth-order valence-corrected chi connectivity index (χ4v) is 4.66. The van der Waals surface area contributed by atoms with E-state index >= 15 is 0 Å². The van der Waals surface area contributed by atoms with Gasteiger partial charge >= 0.3 is 0 Å². The van der Waals surface area contributed by atoms with E-state index in [1.807, 2.05) is 0 Å². The molecule has 0 atom stereocenters. The Kier molecular flexibility index (Phi) is 5.47. The molecule has 1 aliphatic heterocycles. The highest BCUT2D eigenvalue weighted by Crippen LogP contribution is 2.24.